The molecule has 0 aliphatic carbocycles. The third kappa shape index (κ3) is 7.92. The van der Waals surface area contributed by atoms with Crippen LogP contribution >= 0.6 is 24.0 Å². The molecule has 0 bridgehead atoms. The number of nitrogens with zero attached hydrogens (tertiary/aromatic N) is 3. The number of rotatable bonds is 6. The van der Waals surface area contributed by atoms with Crippen molar-refractivity contribution in [2.24, 2.45) is 4.99 Å². The van der Waals surface area contributed by atoms with Crippen LogP contribution in [0.4, 0.5) is 5.82 Å². The third-order valence-electron chi connectivity index (χ3n) is 4.94. The molecule has 0 radical (unpaired) electrons. The van der Waals surface area contributed by atoms with Gasteiger partial charge in [0.05, 0.1) is 17.0 Å². The standard InChI is InChI=1S/C20H35N5O2S.HI/c1-6-21-19(22-12-15-28(26,27)20(3,4)5)24-17-10-13-25(14-11-17)18-9-7-8-16(2)23-18;/h7-9,17H,6,10-15H2,1-5H3,(H2,21,22,24);1H. The van der Waals surface area contributed by atoms with Crippen LogP contribution in [0.25, 0.3) is 0 Å². The van der Waals surface area contributed by atoms with Gasteiger partial charge in [-0.25, -0.2) is 13.4 Å². The molecule has 1 aromatic rings. The quantitative estimate of drug-likeness (QED) is 0.330. The second-order valence-electron chi connectivity index (χ2n) is 8.23. The summed E-state index contributed by atoms with van der Waals surface area (Å²) < 4.78 is 23.8. The fourth-order valence-electron chi connectivity index (χ4n) is 3.05. The summed E-state index contributed by atoms with van der Waals surface area (Å²) in [5, 5.41) is 6.69. The van der Waals surface area contributed by atoms with Crippen molar-refractivity contribution in [3.63, 3.8) is 0 Å². The first-order valence-corrected chi connectivity index (χ1v) is 11.7. The minimum absolute atomic E-state index is 0. The fraction of sp³-hybridized carbons (Fsp3) is 0.700. The van der Waals surface area contributed by atoms with E-state index in [1.165, 1.54) is 0 Å². The molecule has 9 heteroatoms. The van der Waals surface area contributed by atoms with E-state index in [0.29, 0.717) is 12.0 Å². The van der Waals surface area contributed by atoms with E-state index in [0.717, 1.165) is 44.0 Å². The molecule has 0 unspecified atom stereocenters. The van der Waals surface area contributed by atoms with Gasteiger partial charge in [0.1, 0.15) is 5.82 Å². The Morgan fingerprint density at radius 1 is 1.28 bits per heavy atom. The van der Waals surface area contributed by atoms with E-state index >= 15 is 0 Å². The number of pyridine rings is 1. The largest absolute Gasteiger partial charge is 0.357 e. The number of aliphatic imine (C=N–C) groups is 1. The molecule has 0 atom stereocenters. The van der Waals surface area contributed by atoms with E-state index < -0.39 is 14.6 Å². The van der Waals surface area contributed by atoms with E-state index in [1.807, 2.05) is 26.0 Å². The van der Waals surface area contributed by atoms with Crippen LogP contribution < -0.4 is 15.5 Å². The van der Waals surface area contributed by atoms with Crippen molar-refractivity contribution in [3.05, 3.63) is 23.9 Å². The molecule has 7 nitrogen and oxygen atoms in total. The van der Waals surface area contributed by atoms with Gasteiger partial charge in [0.15, 0.2) is 15.8 Å². The minimum Gasteiger partial charge on any atom is -0.357 e. The molecule has 1 aliphatic rings. The summed E-state index contributed by atoms with van der Waals surface area (Å²) in [6, 6.07) is 6.43. The average molecular weight is 538 g/mol. The Balaban J connectivity index is 0.00000420. The van der Waals surface area contributed by atoms with E-state index in [1.54, 1.807) is 20.8 Å². The summed E-state index contributed by atoms with van der Waals surface area (Å²) in [6.07, 6.45) is 1.97. The van der Waals surface area contributed by atoms with Crippen LogP contribution in [-0.4, -0.2) is 62.1 Å². The third-order valence-corrected chi connectivity index (χ3v) is 7.53. The molecule has 1 aliphatic heterocycles. The maximum Gasteiger partial charge on any atom is 0.191 e. The SMILES string of the molecule is CCNC(=NCCS(=O)(=O)C(C)(C)C)NC1CCN(c2cccc(C)n2)CC1.I. The van der Waals surface area contributed by atoms with Crippen LogP contribution in [-0.2, 0) is 9.84 Å². The molecule has 1 saturated heterocycles. The molecule has 166 valence electrons. The molecule has 0 aromatic carbocycles. The van der Waals surface area contributed by atoms with Crippen molar-refractivity contribution >= 4 is 45.6 Å². The highest BCUT2D eigenvalue weighted by Gasteiger charge is 2.28. The van der Waals surface area contributed by atoms with Gasteiger partial charge in [-0.15, -0.1) is 24.0 Å². The Morgan fingerprint density at radius 2 is 1.93 bits per heavy atom. The van der Waals surface area contributed by atoms with Gasteiger partial charge < -0.3 is 15.5 Å². The van der Waals surface area contributed by atoms with Crippen molar-refractivity contribution < 1.29 is 8.42 Å². The lowest BCUT2D eigenvalue weighted by molar-refractivity contribution is 0.459. The van der Waals surface area contributed by atoms with Gasteiger partial charge in [-0.3, -0.25) is 4.99 Å². The summed E-state index contributed by atoms with van der Waals surface area (Å²) in [7, 11) is -3.16. The number of aryl methyl sites for hydroxylation is 1. The van der Waals surface area contributed by atoms with Crippen LogP contribution in [0.1, 0.15) is 46.2 Å². The molecule has 0 amide bonds. The maximum atomic E-state index is 12.3. The second kappa shape index (κ2) is 11.3. The number of sulfone groups is 1. The lowest BCUT2D eigenvalue weighted by Crippen LogP contribution is -2.49. The Kier molecular flexibility index (Phi) is 10.1. The van der Waals surface area contributed by atoms with Crippen LogP contribution in [0.15, 0.2) is 23.2 Å². The van der Waals surface area contributed by atoms with Gasteiger partial charge in [-0.05, 0) is 59.6 Å². The molecule has 1 aromatic heterocycles. The van der Waals surface area contributed by atoms with Crippen LogP contribution in [0.5, 0.6) is 0 Å². The van der Waals surface area contributed by atoms with Crippen molar-refractivity contribution in [2.75, 3.05) is 36.8 Å². The first-order chi connectivity index (χ1) is 13.1. The normalized spacial score (nSPS) is 16.3. The lowest BCUT2D eigenvalue weighted by atomic mass is 10.1. The summed E-state index contributed by atoms with van der Waals surface area (Å²) in [5.74, 6) is 1.79. The van der Waals surface area contributed by atoms with Gasteiger partial charge in [0, 0.05) is 31.4 Å². The van der Waals surface area contributed by atoms with Gasteiger partial charge in [-0.2, -0.15) is 0 Å². The number of hydrogen-bond acceptors (Lipinski definition) is 5. The Bertz CT molecular complexity index is 769. The topological polar surface area (TPSA) is 86.7 Å². The zero-order valence-electron chi connectivity index (χ0n) is 18.2. The monoisotopic (exact) mass is 537 g/mol. The predicted molar refractivity (Wildman–Crippen MR) is 132 cm³/mol. The highest BCUT2D eigenvalue weighted by molar-refractivity contribution is 14.0. The van der Waals surface area contributed by atoms with Crippen LogP contribution in [0, 0.1) is 6.92 Å². The van der Waals surface area contributed by atoms with E-state index in [9.17, 15) is 8.42 Å². The van der Waals surface area contributed by atoms with E-state index in [2.05, 4.69) is 31.6 Å². The minimum atomic E-state index is -3.16. The summed E-state index contributed by atoms with van der Waals surface area (Å²) in [6.45, 7) is 12.1. The van der Waals surface area contributed by atoms with Crippen molar-refractivity contribution in [1.82, 2.24) is 15.6 Å². The van der Waals surface area contributed by atoms with Gasteiger partial charge in [-0.1, -0.05) is 6.07 Å². The smallest absolute Gasteiger partial charge is 0.191 e. The Morgan fingerprint density at radius 3 is 2.48 bits per heavy atom. The molecular weight excluding hydrogens is 501 g/mol. The van der Waals surface area contributed by atoms with Gasteiger partial charge >= 0.3 is 0 Å². The van der Waals surface area contributed by atoms with Gasteiger partial charge in [0.2, 0.25) is 0 Å². The van der Waals surface area contributed by atoms with Crippen molar-refractivity contribution in [1.29, 1.82) is 0 Å². The molecule has 2 heterocycles. The first-order valence-electron chi connectivity index (χ1n) is 10.1. The summed E-state index contributed by atoms with van der Waals surface area (Å²) in [4.78, 5) is 11.4. The lowest BCUT2D eigenvalue weighted by Gasteiger charge is -2.34. The molecule has 0 saturated carbocycles. The zero-order chi connectivity index (χ0) is 20.8. The number of halogens is 1. The number of hydrogen-bond donors (Lipinski definition) is 2. The number of piperidine rings is 1. The van der Waals surface area contributed by atoms with E-state index in [-0.39, 0.29) is 36.3 Å². The summed E-state index contributed by atoms with van der Waals surface area (Å²) in [5.41, 5.74) is 1.03. The van der Waals surface area contributed by atoms with Crippen molar-refractivity contribution in [3.8, 4) is 0 Å². The predicted octanol–water partition coefficient (Wildman–Crippen LogP) is 2.75. The highest BCUT2D eigenvalue weighted by atomic mass is 127. The first kappa shape index (κ1) is 25.9. The average Bonchev–Trinajstić information content (AvgIpc) is 2.61. The maximum absolute atomic E-state index is 12.3. The van der Waals surface area contributed by atoms with Crippen LogP contribution in [0.3, 0.4) is 0 Å². The Hall–Kier alpha value is -1.10. The van der Waals surface area contributed by atoms with Gasteiger partial charge in [0.25, 0.3) is 0 Å². The number of nitrogens with one attached hydrogen (secondary N) is 2. The highest BCUT2D eigenvalue weighted by Crippen LogP contribution is 2.18. The molecule has 2 rings (SSSR count). The summed E-state index contributed by atoms with van der Waals surface area (Å²) >= 11 is 0. The Labute approximate surface area is 193 Å². The second-order valence-corrected chi connectivity index (χ2v) is 11.1. The van der Waals surface area contributed by atoms with E-state index in [4.69, 9.17) is 0 Å². The molecule has 2 N–H and O–H groups in total. The molecule has 29 heavy (non-hydrogen) atoms. The molecule has 0 spiro atoms. The van der Waals surface area contributed by atoms with Crippen molar-refractivity contribution in [2.45, 2.75) is 58.2 Å². The zero-order valence-corrected chi connectivity index (χ0v) is 21.4. The number of anilines is 1. The number of aromatic nitrogens is 1. The van der Waals surface area contributed by atoms with Crippen LogP contribution in [0.2, 0.25) is 0 Å². The fourth-order valence-corrected chi connectivity index (χ4v) is 4.00. The number of guanidine groups is 1. The molecular formula is C20H36IN5O2S. The molecule has 1 fully saturated rings.